The Kier molecular flexibility index (Phi) is 6.12. The van der Waals surface area contributed by atoms with Crippen molar-refractivity contribution in [1.82, 2.24) is 5.32 Å². The summed E-state index contributed by atoms with van der Waals surface area (Å²) in [6, 6.07) is 19.7. The van der Waals surface area contributed by atoms with Crippen molar-refractivity contribution in [3.63, 3.8) is 0 Å². The molecule has 1 N–H and O–H groups in total. The smallest absolute Gasteiger partial charge is 0.258 e. The van der Waals surface area contributed by atoms with Crippen LogP contribution in [0.3, 0.4) is 0 Å². The number of hydrogen-bond donors (Lipinski definition) is 1. The molecule has 0 atom stereocenters. The lowest BCUT2D eigenvalue weighted by Crippen LogP contribution is -2.32. The van der Waals surface area contributed by atoms with Crippen LogP contribution in [0.1, 0.15) is 5.56 Å². The number of amides is 1. The molecule has 0 unspecified atom stereocenters. The minimum Gasteiger partial charge on any atom is -0.491 e. The Balaban J connectivity index is 1.44. The average Bonchev–Trinajstić information content (AvgIpc) is 2.64. The zero-order chi connectivity index (χ0) is 18.4. The van der Waals surface area contributed by atoms with Crippen LogP contribution in [0.4, 0.5) is 0 Å². The quantitative estimate of drug-likeness (QED) is 0.580. The van der Waals surface area contributed by atoms with Gasteiger partial charge in [0.15, 0.2) is 6.61 Å². The summed E-state index contributed by atoms with van der Waals surface area (Å²) < 4.78 is 12.2. The Morgan fingerprint density at radius 2 is 1.81 bits per heavy atom. The van der Waals surface area contributed by atoms with Crippen molar-refractivity contribution in [2.45, 2.75) is 6.92 Å². The first kappa shape index (κ1) is 18.3. The van der Waals surface area contributed by atoms with E-state index in [0.717, 1.165) is 26.6 Å². The van der Waals surface area contributed by atoms with E-state index < -0.39 is 0 Å². The number of benzene rings is 3. The molecule has 0 aliphatic carbocycles. The maximum absolute atomic E-state index is 11.9. The van der Waals surface area contributed by atoms with Crippen LogP contribution < -0.4 is 14.8 Å². The van der Waals surface area contributed by atoms with E-state index in [1.807, 2.05) is 67.6 Å². The molecule has 26 heavy (non-hydrogen) atoms. The van der Waals surface area contributed by atoms with Crippen molar-refractivity contribution in [2.24, 2.45) is 0 Å². The zero-order valence-electron chi connectivity index (χ0n) is 14.5. The summed E-state index contributed by atoms with van der Waals surface area (Å²) in [6.07, 6.45) is 0. The Bertz CT molecular complexity index is 905. The number of carbonyl (C=O) groups is 1. The molecule has 4 nitrogen and oxygen atoms in total. The van der Waals surface area contributed by atoms with Gasteiger partial charge >= 0.3 is 0 Å². The van der Waals surface area contributed by atoms with Crippen molar-refractivity contribution in [2.75, 3.05) is 19.8 Å². The van der Waals surface area contributed by atoms with Crippen LogP contribution >= 0.6 is 15.9 Å². The molecular weight excluding hydrogens is 394 g/mol. The van der Waals surface area contributed by atoms with Gasteiger partial charge in [0.05, 0.1) is 11.0 Å². The number of carbonyl (C=O) groups excluding carboxylic acids is 1. The summed E-state index contributed by atoms with van der Waals surface area (Å²) in [6.45, 7) is 2.78. The molecule has 0 fully saturated rings. The van der Waals surface area contributed by atoms with E-state index in [-0.39, 0.29) is 12.5 Å². The summed E-state index contributed by atoms with van der Waals surface area (Å²) in [5, 5.41) is 4.99. The topological polar surface area (TPSA) is 47.6 Å². The maximum atomic E-state index is 11.9. The molecule has 0 spiro atoms. The molecule has 0 aliphatic heterocycles. The van der Waals surface area contributed by atoms with Crippen LogP contribution in [-0.4, -0.2) is 25.7 Å². The van der Waals surface area contributed by atoms with Crippen molar-refractivity contribution >= 4 is 32.6 Å². The van der Waals surface area contributed by atoms with Gasteiger partial charge < -0.3 is 14.8 Å². The van der Waals surface area contributed by atoms with Crippen LogP contribution in [-0.2, 0) is 4.79 Å². The number of halogens is 1. The molecule has 0 bridgehead atoms. The van der Waals surface area contributed by atoms with E-state index in [1.165, 1.54) is 0 Å². The fourth-order valence-electron chi connectivity index (χ4n) is 2.59. The average molecular weight is 414 g/mol. The second-order valence-corrected chi connectivity index (χ2v) is 6.75. The molecule has 134 valence electrons. The van der Waals surface area contributed by atoms with Gasteiger partial charge in [-0.05, 0) is 52.0 Å². The number of nitrogens with one attached hydrogen (secondary N) is 1. The minimum absolute atomic E-state index is 0.0318. The van der Waals surface area contributed by atoms with Crippen molar-refractivity contribution < 1.29 is 14.3 Å². The largest absolute Gasteiger partial charge is 0.491 e. The van der Waals surface area contributed by atoms with E-state index in [4.69, 9.17) is 9.47 Å². The second kappa shape index (κ2) is 8.72. The van der Waals surface area contributed by atoms with Gasteiger partial charge in [-0.25, -0.2) is 0 Å². The van der Waals surface area contributed by atoms with E-state index in [2.05, 4.69) is 21.2 Å². The minimum atomic E-state index is -0.181. The maximum Gasteiger partial charge on any atom is 0.258 e. The number of rotatable bonds is 7. The third-order valence-corrected chi connectivity index (χ3v) is 4.50. The molecule has 0 aliphatic rings. The monoisotopic (exact) mass is 413 g/mol. The zero-order valence-corrected chi connectivity index (χ0v) is 16.1. The highest BCUT2D eigenvalue weighted by atomic mass is 79.9. The molecule has 0 aromatic heterocycles. The lowest BCUT2D eigenvalue weighted by atomic mass is 10.1. The van der Waals surface area contributed by atoms with Gasteiger partial charge in [-0.3, -0.25) is 4.79 Å². The number of fused-ring (bicyclic) bond motifs is 1. The molecule has 0 saturated carbocycles. The highest BCUT2D eigenvalue weighted by Gasteiger charge is 2.06. The first-order valence-corrected chi connectivity index (χ1v) is 9.19. The first-order valence-electron chi connectivity index (χ1n) is 8.40. The Hall–Kier alpha value is -2.53. The highest BCUT2D eigenvalue weighted by Crippen LogP contribution is 2.26. The van der Waals surface area contributed by atoms with Crippen LogP contribution in [0.15, 0.2) is 65.1 Å². The van der Waals surface area contributed by atoms with Gasteiger partial charge in [0.2, 0.25) is 0 Å². The number of aryl methyl sites for hydroxylation is 1. The Morgan fingerprint density at radius 1 is 1.00 bits per heavy atom. The molecule has 0 heterocycles. The van der Waals surface area contributed by atoms with Gasteiger partial charge in [0, 0.05) is 5.39 Å². The molecule has 5 heteroatoms. The lowest BCUT2D eigenvalue weighted by molar-refractivity contribution is -0.123. The predicted molar refractivity (Wildman–Crippen MR) is 107 cm³/mol. The second-order valence-electron chi connectivity index (χ2n) is 5.90. The summed E-state index contributed by atoms with van der Waals surface area (Å²) in [5.74, 6) is 1.29. The van der Waals surface area contributed by atoms with Crippen molar-refractivity contribution in [1.29, 1.82) is 0 Å². The molecular formula is C21H20BrNO3. The van der Waals surface area contributed by atoms with Gasteiger partial charge in [0.1, 0.15) is 18.1 Å². The fourth-order valence-corrected chi connectivity index (χ4v) is 3.20. The van der Waals surface area contributed by atoms with E-state index >= 15 is 0 Å². The normalized spacial score (nSPS) is 10.5. The van der Waals surface area contributed by atoms with E-state index in [9.17, 15) is 4.79 Å². The lowest BCUT2D eigenvalue weighted by Gasteiger charge is -2.11. The summed E-state index contributed by atoms with van der Waals surface area (Å²) in [5.41, 5.74) is 1.12. The molecule has 3 rings (SSSR count). The summed E-state index contributed by atoms with van der Waals surface area (Å²) in [7, 11) is 0. The van der Waals surface area contributed by atoms with Crippen LogP contribution in [0.2, 0.25) is 0 Å². The van der Waals surface area contributed by atoms with Gasteiger partial charge in [0.25, 0.3) is 5.91 Å². The van der Waals surface area contributed by atoms with E-state index in [0.29, 0.717) is 18.9 Å². The summed E-state index contributed by atoms with van der Waals surface area (Å²) >= 11 is 3.43. The van der Waals surface area contributed by atoms with Crippen molar-refractivity contribution in [3.8, 4) is 11.5 Å². The third kappa shape index (κ3) is 4.76. The first-order chi connectivity index (χ1) is 12.6. The van der Waals surface area contributed by atoms with Crippen LogP contribution in [0.5, 0.6) is 11.5 Å². The van der Waals surface area contributed by atoms with Gasteiger partial charge in [-0.2, -0.15) is 0 Å². The van der Waals surface area contributed by atoms with Gasteiger partial charge in [-0.15, -0.1) is 0 Å². The van der Waals surface area contributed by atoms with Crippen LogP contribution in [0, 0.1) is 6.92 Å². The Labute approximate surface area is 161 Å². The fraction of sp³-hybridized carbons (Fsp3) is 0.190. The number of ether oxygens (including phenoxy) is 2. The molecule has 0 radical (unpaired) electrons. The van der Waals surface area contributed by atoms with Crippen LogP contribution in [0.25, 0.3) is 10.8 Å². The van der Waals surface area contributed by atoms with Gasteiger partial charge in [-0.1, -0.05) is 42.5 Å². The van der Waals surface area contributed by atoms with Crippen molar-refractivity contribution in [3.05, 3.63) is 70.7 Å². The number of hydrogen-bond acceptors (Lipinski definition) is 3. The summed E-state index contributed by atoms with van der Waals surface area (Å²) in [4.78, 5) is 11.9. The standard InChI is InChI=1S/C21H20BrNO3/c1-15-9-10-20(18(22)13-15)26-14-21(24)23-11-12-25-19-8-4-6-16-5-2-3-7-17(16)19/h2-10,13H,11-12,14H2,1H3,(H,23,24). The molecule has 3 aromatic carbocycles. The Morgan fingerprint density at radius 3 is 2.65 bits per heavy atom. The predicted octanol–water partition coefficient (Wildman–Crippen LogP) is 4.48. The highest BCUT2D eigenvalue weighted by molar-refractivity contribution is 9.10. The molecule has 0 saturated heterocycles. The third-order valence-electron chi connectivity index (χ3n) is 3.88. The van der Waals surface area contributed by atoms with E-state index in [1.54, 1.807) is 0 Å². The SMILES string of the molecule is Cc1ccc(OCC(=O)NCCOc2cccc3ccccc23)c(Br)c1. The molecule has 1 amide bonds. The molecule has 3 aromatic rings.